The topological polar surface area (TPSA) is 76.4 Å². The van der Waals surface area contributed by atoms with E-state index in [0.717, 1.165) is 11.3 Å². The first kappa shape index (κ1) is 15.0. The molecule has 0 aliphatic carbocycles. The van der Waals surface area contributed by atoms with E-state index in [1.807, 2.05) is 24.3 Å². The molecule has 19 heavy (non-hydrogen) atoms. The Hall–Kier alpha value is -2.01. The van der Waals surface area contributed by atoms with E-state index in [1.54, 1.807) is 20.8 Å². The summed E-state index contributed by atoms with van der Waals surface area (Å²) in [5.41, 5.74) is 6.84. The highest BCUT2D eigenvalue weighted by Crippen LogP contribution is 2.11. The van der Waals surface area contributed by atoms with E-state index in [0.29, 0.717) is 12.4 Å². The van der Waals surface area contributed by atoms with Gasteiger partial charge in [-0.05, 0) is 38.5 Å². The summed E-state index contributed by atoms with van der Waals surface area (Å²) in [7, 11) is 0. The molecule has 0 heterocycles. The van der Waals surface area contributed by atoms with Crippen LogP contribution in [0.3, 0.4) is 0 Å². The van der Waals surface area contributed by atoms with E-state index in [2.05, 4.69) is 17.2 Å². The summed E-state index contributed by atoms with van der Waals surface area (Å²) in [5, 5.41) is 5.48. The van der Waals surface area contributed by atoms with Crippen molar-refractivity contribution >= 4 is 11.8 Å². The number of rotatable bonds is 4. The molecular weight excluding hydrogens is 242 g/mol. The minimum absolute atomic E-state index is 0.356. The molecule has 0 fully saturated rings. The Balaban J connectivity index is 2.48. The highest BCUT2D eigenvalue weighted by atomic mass is 16.6. The number of benzene rings is 1. The molecule has 1 rings (SSSR count). The molecule has 0 atom stereocenters. The van der Waals surface area contributed by atoms with Gasteiger partial charge < -0.3 is 15.8 Å². The van der Waals surface area contributed by atoms with E-state index in [4.69, 9.17) is 10.5 Å². The maximum absolute atomic E-state index is 11.5. The van der Waals surface area contributed by atoms with Crippen molar-refractivity contribution < 1.29 is 9.53 Å². The molecule has 1 aromatic rings. The maximum atomic E-state index is 11.5. The SMILES string of the molecule is C=C(NC(=O)OC(C)(C)C)Nc1ccc(CN)cc1. The Morgan fingerprint density at radius 3 is 2.37 bits per heavy atom. The lowest BCUT2D eigenvalue weighted by Crippen LogP contribution is -2.33. The van der Waals surface area contributed by atoms with Gasteiger partial charge in [0.05, 0.1) is 0 Å². The largest absolute Gasteiger partial charge is 0.444 e. The molecule has 4 N–H and O–H groups in total. The second kappa shape index (κ2) is 6.24. The smallest absolute Gasteiger partial charge is 0.413 e. The van der Waals surface area contributed by atoms with Crippen molar-refractivity contribution in [3.05, 3.63) is 42.2 Å². The number of nitrogens with two attached hydrogens (primary N) is 1. The lowest BCUT2D eigenvalue weighted by atomic mass is 10.2. The number of anilines is 1. The standard InChI is InChI=1S/C14H21N3O2/c1-10(17-13(18)19-14(2,3)4)16-12-7-5-11(9-15)6-8-12/h5-8,16H,1,9,15H2,2-4H3,(H,17,18). The normalized spacial score (nSPS) is 10.7. The van der Waals surface area contributed by atoms with Crippen molar-refractivity contribution in [1.82, 2.24) is 5.32 Å². The number of carbonyl (C=O) groups is 1. The van der Waals surface area contributed by atoms with E-state index in [9.17, 15) is 4.79 Å². The third-order valence-electron chi connectivity index (χ3n) is 2.14. The molecule has 0 aliphatic rings. The number of amides is 1. The molecule has 0 saturated heterocycles. The van der Waals surface area contributed by atoms with Crippen molar-refractivity contribution in [2.75, 3.05) is 5.32 Å². The summed E-state index contributed by atoms with van der Waals surface area (Å²) in [5.74, 6) is 0.356. The summed E-state index contributed by atoms with van der Waals surface area (Å²) >= 11 is 0. The average Bonchev–Trinajstić information content (AvgIpc) is 2.27. The molecule has 0 radical (unpaired) electrons. The van der Waals surface area contributed by atoms with Gasteiger partial charge in [-0.2, -0.15) is 0 Å². The molecule has 0 aliphatic heterocycles. The molecule has 5 heteroatoms. The predicted octanol–water partition coefficient (Wildman–Crippen LogP) is 2.55. The number of hydrogen-bond donors (Lipinski definition) is 3. The summed E-state index contributed by atoms with van der Waals surface area (Å²) in [4.78, 5) is 11.5. The van der Waals surface area contributed by atoms with Crippen LogP contribution >= 0.6 is 0 Å². The Labute approximate surface area is 113 Å². The molecular formula is C14H21N3O2. The zero-order chi connectivity index (χ0) is 14.5. The Kier molecular flexibility index (Phi) is 4.94. The van der Waals surface area contributed by atoms with Gasteiger partial charge >= 0.3 is 6.09 Å². The minimum atomic E-state index is -0.538. The number of nitrogens with one attached hydrogen (secondary N) is 2. The Bertz CT molecular complexity index is 447. The van der Waals surface area contributed by atoms with Crippen LogP contribution in [0.2, 0.25) is 0 Å². The lowest BCUT2D eigenvalue weighted by molar-refractivity contribution is 0.0547. The van der Waals surface area contributed by atoms with Gasteiger partial charge in [-0.25, -0.2) is 4.79 Å². The summed E-state index contributed by atoms with van der Waals surface area (Å²) < 4.78 is 5.12. The minimum Gasteiger partial charge on any atom is -0.444 e. The van der Waals surface area contributed by atoms with Gasteiger partial charge in [0.25, 0.3) is 0 Å². The van der Waals surface area contributed by atoms with Gasteiger partial charge in [-0.3, -0.25) is 5.32 Å². The van der Waals surface area contributed by atoms with Crippen LogP contribution in [-0.2, 0) is 11.3 Å². The first-order valence-corrected chi connectivity index (χ1v) is 6.05. The van der Waals surface area contributed by atoms with Crippen molar-refractivity contribution in [2.24, 2.45) is 5.73 Å². The van der Waals surface area contributed by atoms with Crippen LogP contribution in [-0.4, -0.2) is 11.7 Å². The van der Waals surface area contributed by atoms with Gasteiger partial charge in [0, 0.05) is 12.2 Å². The highest BCUT2D eigenvalue weighted by molar-refractivity contribution is 5.71. The van der Waals surface area contributed by atoms with E-state index < -0.39 is 11.7 Å². The lowest BCUT2D eigenvalue weighted by Gasteiger charge is -2.20. The molecule has 0 aromatic heterocycles. The monoisotopic (exact) mass is 263 g/mol. The number of carbonyl (C=O) groups excluding carboxylic acids is 1. The van der Waals surface area contributed by atoms with Gasteiger partial charge in [0.2, 0.25) is 0 Å². The first-order chi connectivity index (χ1) is 8.80. The van der Waals surface area contributed by atoms with E-state index in [-0.39, 0.29) is 0 Å². The first-order valence-electron chi connectivity index (χ1n) is 6.05. The number of alkyl carbamates (subject to hydrolysis) is 1. The molecule has 5 nitrogen and oxygen atoms in total. The molecule has 0 bridgehead atoms. The van der Waals surface area contributed by atoms with Crippen LogP contribution in [0.5, 0.6) is 0 Å². The van der Waals surface area contributed by atoms with Crippen molar-refractivity contribution in [1.29, 1.82) is 0 Å². The van der Waals surface area contributed by atoms with Crippen molar-refractivity contribution in [3.8, 4) is 0 Å². The van der Waals surface area contributed by atoms with Crippen LogP contribution in [0.25, 0.3) is 0 Å². The fraction of sp³-hybridized carbons (Fsp3) is 0.357. The average molecular weight is 263 g/mol. The zero-order valence-corrected chi connectivity index (χ0v) is 11.6. The van der Waals surface area contributed by atoms with Gasteiger partial charge in [0.15, 0.2) is 0 Å². The zero-order valence-electron chi connectivity index (χ0n) is 11.6. The van der Waals surface area contributed by atoms with Gasteiger partial charge in [0.1, 0.15) is 11.4 Å². The van der Waals surface area contributed by atoms with Gasteiger partial charge in [-0.1, -0.05) is 18.7 Å². The molecule has 0 spiro atoms. The quantitative estimate of drug-likeness (QED) is 0.780. The fourth-order valence-electron chi connectivity index (χ4n) is 1.36. The fourth-order valence-corrected chi connectivity index (χ4v) is 1.36. The highest BCUT2D eigenvalue weighted by Gasteiger charge is 2.16. The number of hydrogen-bond acceptors (Lipinski definition) is 4. The second-order valence-electron chi connectivity index (χ2n) is 5.13. The Morgan fingerprint density at radius 2 is 1.89 bits per heavy atom. The third kappa shape index (κ3) is 5.92. The van der Waals surface area contributed by atoms with Crippen molar-refractivity contribution in [2.45, 2.75) is 32.9 Å². The molecule has 104 valence electrons. The maximum Gasteiger partial charge on any atom is 0.413 e. The summed E-state index contributed by atoms with van der Waals surface area (Å²) in [6.07, 6.45) is -0.538. The van der Waals surface area contributed by atoms with E-state index in [1.165, 1.54) is 0 Å². The third-order valence-corrected chi connectivity index (χ3v) is 2.14. The van der Waals surface area contributed by atoms with Crippen LogP contribution < -0.4 is 16.4 Å². The number of ether oxygens (including phenoxy) is 1. The Morgan fingerprint density at radius 1 is 1.32 bits per heavy atom. The van der Waals surface area contributed by atoms with Gasteiger partial charge in [-0.15, -0.1) is 0 Å². The molecule has 1 aromatic carbocycles. The van der Waals surface area contributed by atoms with Crippen LogP contribution in [0.15, 0.2) is 36.7 Å². The molecule has 0 unspecified atom stereocenters. The van der Waals surface area contributed by atoms with Crippen LogP contribution in [0.1, 0.15) is 26.3 Å². The summed E-state index contributed by atoms with van der Waals surface area (Å²) in [6, 6.07) is 7.54. The molecule has 1 amide bonds. The second-order valence-corrected chi connectivity index (χ2v) is 5.13. The van der Waals surface area contributed by atoms with Crippen LogP contribution in [0, 0.1) is 0 Å². The van der Waals surface area contributed by atoms with E-state index >= 15 is 0 Å². The van der Waals surface area contributed by atoms with Crippen molar-refractivity contribution in [3.63, 3.8) is 0 Å². The predicted molar refractivity (Wildman–Crippen MR) is 76.5 cm³/mol. The molecule has 0 saturated carbocycles. The van der Waals surface area contributed by atoms with Crippen LogP contribution in [0.4, 0.5) is 10.5 Å². The summed E-state index contributed by atoms with van der Waals surface area (Å²) in [6.45, 7) is 9.61.